The van der Waals surface area contributed by atoms with Crippen molar-refractivity contribution >= 4 is 21.9 Å². The highest BCUT2D eigenvalue weighted by molar-refractivity contribution is 7.90. The van der Waals surface area contributed by atoms with Gasteiger partial charge in [-0.1, -0.05) is 61.0 Å². The van der Waals surface area contributed by atoms with E-state index >= 15 is 0 Å². The zero-order valence-corrected chi connectivity index (χ0v) is 19.6. The highest BCUT2D eigenvalue weighted by Crippen LogP contribution is 2.31. The molecule has 8 nitrogen and oxygen atoms in total. The molecule has 1 saturated carbocycles. The number of carboxylic acids is 1. The minimum absolute atomic E-state index is 0.0331. The molecule has 1 heterocycles. The first-order valence-corrected chi connectivity index (χ1v) is 12.7. The lowest BCUT2D eigenvalue weighted by Gasteiger charge is -2.12. The van der Waals surface area contributed by atoms with Crippen LogP contribution in [0.1, 0.15) is 60.0 Å². The van der Waals surface area contributed by atoms with Gasteiger partial charge in [-0.15, -0.1) is 0 Å². The lowest BCUT2D eigenvalue weighted by Crippen LogP contribution is -2.32. The number of unbranched alkanes of at least 4 members (excludes halogenated alkanes) is 1. The van der Waals surface area contributed by atoms with Gasteiger partial charge in [0.2, 0.25) is 11.7 Å². The molecule has 1 aromatic heterocycles. The molecule has 4 rings (SSSR count). The van der Waals surface area contributed by atoms with Crippen LogP contribution in [0.2, 0.25) is 0 Å². The van der Waals surface area contributed by atoms with Crippen molar-refractivity contribution in [2.45, 2.75) is 50.3 Å². The number of hydrogen-bond donors (Lipinski definition) is 2. The van der Waals surface area contributed by atoms with Gasteiger partial charge in [-0.25, -0.2) is 17.9 Å². The van der Waals surface area contributed by atoms with Crippen LogP contribution in [0.3, 0.4) is 0 Å². The monoisotopic (exact) mass is 482 g/mol. The molecule has 0 bridgehead atoms. The van der Waals surface area contributed by atoms with Gasteiger partial charge in [0.15, 0.2) is 0 Å². The van der Waals surface area contributed by atoms with Gasteiger partial charge in [0.25, 0.3) is 10.0 Å². The summed E-state index contributed by atoms with van der Waals surface area (Å²) in [6.45, 7) is 2.05. The minimum atomic E-state index is -4.01. The van der Waals surface area contributed by atoms with E-state index in [1.807, 2.05) is 19.1 Å². The van der Waals surface area contributed by atoms with Crippen molar-refractivity contribution in [3.8, 4) is 11.1 Å². The van der Waals surface area contributed by atoms with Crippen molar-refractivity contribution in [3.63, 3.8) is 0 Å². The van der Waals surface area contributed by atoms with Crippen LogP contribution in [-0.4, -0.2) is 30.6 Å². The van der Waals surface area contributed by atoms with Crippen molar-refractivity contribution < 1.29 is 27.6 Å². The van der Waals surface area contributed by atoms with E-state index in [1.54, 1.807) is 30.3 Å². The number of nitrogens with zero attached hydrogens (tertiary/aromatic N) is 1. The SMILES string of the molecule is CCCCc1noc(C(=O)O)c1Cc1ccc(-c2ccccc2S(=O)(=O)NC(=O)C2CC2)cc1. The Kier molecular flexibility index (Phi) is 6.83. The molecular weight excluding hydrogens is 456 g/mol. The maximum Gasteiger partial charge on any atom is 0.375 e. The molecule has 2 aromatic carbocycles. The molecule has 1 amide bonds. The number of aromatic nitrogens is 1. The lowest BCUT2D eigenvalue weighted by atomic mass is 9.98. The van der Waals surface area contributed by atoms with Crippen molar-refractivity contribution in [3.05, 3.63) is 71.1 Å². The normalized spacial score (nSPS) is 13.6. The molecule has 34 heavy (non-hydrogen) atoms. The Bertz CT molecular complexity index is 1310. The van der Waals surface area contributed by atoms with Crippen molar-refractivity contribution in [1.82, 2.24) is 9.88 Å². The van der Waals surface area contributed by atoms with Crippen LogP contribution in [0, 0.1) is 5.92 Å². The molecular formula is C25H26N2O6S. The Balaban J connectivity index is 1.60. The third-order valence-corrected chi connectivity index (χ3v) is 7.24. The summed E-state index contributed by atoms with van der Waals surface area (Å²) in [4.78, 5) is 23.7. The molecule has 1 aliphatic rings. The third kappa shape index (κ3) is 5.20. The number of aromatic carboxylic acids is 1. The minimum Gasteiger partial charge on any atom is -0.475 e. The van der Waals surface area contributed by atoms with Crippen molar-refractivity contribution in [2.24, 2.45) is 5.92 Å². The quantitative estimate of drug-likeness (QED) is 0.444. The van der Waals surface area contributed by atoms with Gasteiger partial charge in [-0.3, -0.25) is 4.79 Å². The van der Waals surface area contributed by atoms with Crippen LogP contribution in [0.5, 0.6) is 0 Å². The van der Waals surface area contributed by atoms with E-state index in [0.717, 1.165) is 18.4 Å². The first kappa shape index (κ1) is 23.7. The van der Waals surface area contributed by atoms with Gasteiger partial charge in [0.05, 0.1) is 10.6 Å². The Morgan fingerprint density at radius 3 is 2.47 bits per heavy atom. The summed E-state index contributed by atoms with van der Waals surface area (Å²) in [5.41, 5.74) is 3.18. The van der Waals surface area contributed by atoms with E-state index in [4.69, 9.17) is 4.52 Å². The lowest BCUT2D eigenvalue weighted by molar-refractivity contribution is -0.120. The zero-order chi connectivity index (χ0) is 24.3. The van der Waals surface area contributed by atoms with Gasteiger partial charge >= 0.3 is 5.97 Å². The summed E-state index contributed by atoms with van der Waals surface area (Å²) in [7, 11) is -4.01. The Morgan fingerprint density at radius 1 is 1.12 bits per heavy atom. The maximum atomic E-state index is 12.9. The molecule has 0 spiro atoms. The number of carboxylic acid groups (broad SMARTS) is 1. The predicted octanol–water partition coefficient (Wildman–Crippen LogP) is 4.19. The number of carbonyl (C=O) groups is 2. The van der Waals surface area contributed by atoms with Gasteiger partial charge in [0, 0.05) is 23.5 Å². The standard InChI is InChI=1S/C25H26N2O6S/c1-2-3-7-21-20(23(25(29)30)33-26-21)15-16-9-11-17(12-10-16)19-6-4-5-8-22(19)34(31,32)27-24(28)18-13-14-18/h4-6,8-12,18H,2-3,7,13-15H2,1H3,(H,27,28)(H,29,30). The largest absolute Gasteiger partial charge is 0.475 e. The molecule has 9 heteroatoms. The molecule has 178 valence electrons. The topological polar surface area (TPSA) is 127 Å². The van der Waals surface area contributed by atoms with Crippen molar-refractivity contribution in [1.29, 1.82) is 0 Å². The molecule has 0 aliphatic heterocycles. The van der Waals surface area contributed by atoms with Crippen LogP contribution in [-0.2, 0) is 27.7 Å². The predicted molar refractivity (Wildman–Crippen MR) is 125 cm³/mol. The van der Waals surface area contributed by atoms with Crippen LogP contribution < -0.4 is 4.72 Å². The second kappa shape index (κ2) is 9.80. The first-order valence-electron chi connectivity index (χ1n) is 11.3. The molecule has 3 aromatic rings. The number of nitrogens with one attached hydrogen (secondary N) is 1. The molecule has 1 aliphatic carbocycles. The highest BCUT2D eigenvalue weighted by Gasteiger charge is 2.33. The van der Waals surface area contributed by atoms with Crippen LogP contribution in [0.4, 0.5) is 0 Å². The van der Waals surface area contributed by atoms with E-state index in [9.17, 15) is 23.1 Å². The Morgan fingerprint density at radius 2 is 1.82 bits per heavy atom. The molecule has 1 fully saturated rings. The Labute approximate surface area is 198 Å². The average Bonchev–Trinajstić information content (AvgIpc) is 3.60. The summed E-state index contributed by atoms with van der Waals surface area (Å²) < 4.78 is 33.0. The van der Waals surface area contributed by atoms with Gasteiger partial charge < -0.3 is 9.63 Å². The summed E-state index contributed by atoms with van der Waals surface area (Å²) in [6, 6.07) is 13.7. The second-order valence-electron chi connectivity index (χ2n) is 8.46. The third-order valence-electron chi connectivity index (χ3n) is 5.84. The number of hydrogen-bond acceptors (Lipinski definition) is 6. The van der Waals surface area contributed by atoms with Crippen LogP contribution in [0.25, 0.3) is 11.1 Å². The second-order valence-corrected chi connectivity index (χ2v) is 10.1. The molecule has 2 N–H and O–H groups in total. The van der Waals surface area contributed by atoms with Crippen molar-refractivity contribution in [2.75, 3.05) is 0 Å². The number of benzene rings is 2. The summed E-state index contributed by atoms with van der Waals surface area (Å²) in [6.07, 6.45) is 4.22. The van der Waals surface area contributed by atoms with Crippen LogP contribution >= 0.6 is 0 Å². The fourth-order valence-corrected chi connectivity index (χ4v) is 5.07. The molecule has 0 radical (unpaired) electrons. The van der Waals surface area contributed by atoms with E-state index in [-0.39, 0.29) is 16.6 Å². The molecule has 0 unspecified atom stereocenters. The van der Waals surface area contributed by atoms with Gasteiger partial charge in [-0.05, 0) is 42.9 Å². The molecule has 0 saturated heterocycles. The summed E-state index contributed by atoms with van der Waals surface area (Å²) in [5.74, 6) is -2.00. The number of sulfonamides is 1. The molecule has 0 atom stereocenters. The highest BCUT2D eigenvalue weighted by atomic mass is 32.2. The summed E-state index contributed by atoms with van der Waals surface area (Å²) in [5, 5.41) is 13.4. The fourth-order valence-electron chi connectivity index (χ4n) is 3.80. The Hall–Kier alpha value is -3.46. The van der Waals surface area contributed by atoms with E-state index in [2.05, 4.69) is 9.88 Å². The van der Waals surface area contributed by atoms with E-state index in [0.29, 0.717) is 48.1 Å². The maximum absolute atomic E-state index is 12.9. The fraction of sp³-hybridized carbons (Fsp3) is 0.320. The number of amides is 1. The van der Waals surface area contributed by atoms with E-state index in [1.165, 1.54) is 6.07 Å². The van der Waals surface area contributed by atoms with Gasteiger partial charge in [0.1, 0.15) is 0 Å². The smallest absolute Gasteiger partial charge is 0.375 e. The van der Waals surface area contributed by atoms with Gasteiger partial charge in [-0.2, -0.15) is 0 Å². The van der Waals surface area contributed by atoms with E-state index < -0.39 is 21.9 Å². The summed E-state index contributed by atoms with van der Waals surface area (Å²) >= 11 is 0. The number of aryl methyl sites for hydroxylation is 1. The zero-order valence-electron chi connectivity index (χ0n) is 18.8. The average molecular weight is 483 g/mol. The first-order chi connectivity index (χ1) is 16.3. The van der Waals surface area contributed by atoms with Crippen LogP contribution in [0.15, 0.2) is 57.9 Å². The number of rotatable bonds is 10. The number of carbonyl (C=O) groups excluding carboxylic acids is 1.